The number of nitrogens with one attached hydrogen (secondary N) is 1. The first-order valence-electron chi connectivity index (χ1n) is 12.9. The maximum absolute atomic E-state index is 9.95. The van der Waals surface area contributed by atoms with Crippen LogP contribution in [0.5, 0.6) is 17.4 Å². The number of nitriles is 1. The summed E-state index contributed by atoms with van der Waals surface area (Å²) in [6.45, 7) is 2.54. The topological polar surface area (TPSA) is 182 Å². The molecule has 0 amide bonds. The van der Waals surface area contributed by atoms with Crippen molar-refractivity contribution in [1.29, 1.82) is 10.7 Å². The van der Waals surface area contributed by atoms with Crippen molar-refractivity contribution in [2.45, 2.75) is 18.6 Å². The van der Waals surface area contributed by atoms with Crippen LogP contribution in [0.25, 0.3) is 0 Å². The second-order valence-corrected chi connectivity index (χ2v) is 10.7. The quantitative estimate of drug-likeness (QED) is 0.179. The van der Waals surface area contributed by atoms with Crippen LogP contribution in [0.1, 0.15) is 41.0 Å². The van der Waals surface area contributed by atoms with Crippen LogP contribution in [-0.4, -0.2) is 53.2 Å². The molecular weight excluding hydrogens is 593 g/mol. The molecular formula is C29H27Cl2N9O3. The van der Waals surface area contributed by atoms with Crippen LogP contribution < -0.4 is 30.6 Å². The van der Waals surface area contributed by atoms with Gasteiger partial charge in [0.1, 0.15) is 18.0 Å². The monoisotopic (exact) mass is 619 g/mol. The molecule has 0 aliphatic carbocycles. The van der Waals surface area contributed by atoms with E-state index in [9.17, 15) is 5.26 Å². The lowest BCUT2D eigenvalue weighted by molar-refractivity contribution is 0.216. The molecule has 0 spiro atoms. The van der Waals surface area contributed by atoms with E-state index in [4.69, 9.17) is 54.3 Å². The lowest BCUT2D eigenvalue weighted by atomic mass is 9.86. The molecule has 1 atom stereocenters. The molecule has 1 aliphatic rings. The Balaban J connectivity index is 1.39. The van der Waals surface area contributed by atoms with E-state index < -0.39 is 11.6 Å². The summed E-state index contributed by atoms with van der Waals surface area (Å²) in [7, 11) is 3.00. The average Bonchev–Trinajstić information content (AvgIpc) is 2.99. The number of halogens is 2. The predicted octanol–water partition coefficient (Wildman–Crippen LogP) is 4.27. The van der Waals surface area contributed by atoms with Gasteiger partial charge in [-0.05, 0) is 25.1 Å². The first kappa shape index (κ1) is 29.8. The Hall–Kier alpha value is -4.70. The summed E-state index contributed by atoms with van der Waals surface area (Å²) in [6, 6.07) is 10.4. The maximum Gasteiger partial charge on any atom is 0.233 e. The third-order valence-electron chi connectivity index (χ3n) is 7.09. The van der Waals surface area contributed by atoms with Crippen molar-refractivity contribution in [3.63, 3.8) is 0 Å². The van der Waals surface area contributed by atoms with Crippen molar-refractivity contribution in [3.05, 3.63) is 86.9 Å². The number of benzene rings is 1. The Morgan fingerprint density at radius 1 is 1.07 bits per heavy atom. The number of nitrogens with two attached hydrogens (primary N) is 2. The van der Waals surface area contributed by atoms with Gasteiger partial charge in [-0.1, -0.05) is 23.2 Å². The van der Waals surface area contributed by atoms with Gasteiger partial charge < -0.3 is 30.6 Å². The van der Waals surface area contributed by atoms with E-state index in [-0.39, 0.29) is 17.0 Å². The SMILES string of the molecule is COc1ccc(C2(N)CN(c3ncc(C(=N)c4cc(O[C@H](C)c5c(Cl)cncc5Cl)c(OC)cc4N)cc3C#N)C2)nn1. The Bertz CT molecular complexity index is 1720. The number of nitrogen functional groups attached to an aromatic ring is 1. The molecule has 220 valence electrons. The van der Waals surface area contributed by atoms with E-state index in [1.165, 1.54) is 32.8 Å². The van der Waals surface area contributed by atoms with E-state index in [2.05, 4.69) is 26.2 Å². The van der Waals surface area contributed by atoms with E-state index >= 15 is 0 Å². The number of aromatic nitrogens is 4. The predicted molar refractivity (Wildman–Crippen MR) is 162 cm³/mol. The largest absolute Gasteiger partial charge is 0.493 e. The minimum Gasteiger partial charge on any atom is -0.493 e. The first-order chi connectivity index (χ1) is 20.6. The number of methoxy groups -OCH3 is 2. The highest BCUT2D eigenvalue weighted by molar-refractivity contribution is 6.35. The summed E-state index contributed by atoms with van der Waals surface area (Å²) in [5.74, 6) is 1.52. The number of ether oxygens (including phenoxy) is 3. The van der Waals surface area contributed by atoms with Crippen LogP contribution in [-0.2, 0) is 5.54 Å². The fourth-order valence-electron chi connectivity index (χ4n) is 4.83. The summed E-state index contributed by atoms with van der Waals surface area (Å²) < 4.78 is 16.7. The molecule has 0 bridgehead atoms. The smallest absolute Gasteiger partial charge is 0.233 e. The summed E-state index contributed by atoms with van der Waals surface area (Å²) in [5, 5.41) is 27.7. The molecule has 3 aromatic heterocycles. The number of hydrogen-bond acceptors (Lipinski definition) is 12. The van der Waals surface area contributed by atoms with Gasteiger partial charge in [-0.3, -0.25) is 10.4 Å². The van der Waals surface area contributed by atoms with Crippen molar-refractivity contribution < 1.29 is 14.2 Å². The maximum atomic E-state index is 9.95. The lowest BCUT2D eigenvalue weighted by Crippen LogP contribution is -2.65. The fourth-order valence-corrected chi connectivity index (χ4v) is 5.50. The molecule has 1 saturated heterocycles. The summed E-state index contributed by atoms with van der Waals surface area (Å²) in [5.41, 5.74) is 14.6. The molecule has 0 radical (unpaired) electrons. The molecule has 14 heteroatoms. The second-order valence-electron chi connectivity index (χ2n) is 9.92. The van der Waals surface area contributed by atoms with Gasteiger partial charge in [0, 0.05) is 66.2 Å². The van der Waals surface area contributed by atoms with Gasteiger partial charge in [0.05, 0.1) is 46.8 Å². The highest BCUT2D eigenvalue weighted by atomic mass is 35.5. The summed E-state index contributed by atoms with van der Waals surface area (Å²) in [6.07, 6.45) is 3.90. The number of nitrogens with zero attached hydrogens (tertiary/aromatic N) is 6. The minimum atomic E-state index is -0.755. The van der Waals surface area contributed by atoms with Crippen LogP contribution in [0, 0.1) is 16.7 Å². The number of rotatable bonds is 9. The van der Waals surface area contributed by atoms with Crippen LogP contribution in [0.4, 0.5) is 11.5 Å². The standard InChI is InChI=1S/C29H27Cl2N9O3/c1-15(26-19(30)11-36-12-20(26)31)43-23-7-18(21(33)8-22(23)41-2)27(34)17-6-16(9-32)28(37-10-17)40-13-29(35,14-40)24-4-5-25(42-3)39-38-24/h4-8,10-12,15,34H,13-14,33,35H2,1-3H3/t15-/m1/s1. The van der Waals surface area contributed by atoms with Crippen molar-refractivity contribution in [3.8, 4) is 23.4 Å². The van der Waals surface area contributed by atoms with Gasteiger partial charge in [-0.25, -0.2) is 4.98 Å². The number of hydrogen-bond donors (Lipinski definition) is 3. The van der Waals surface area contributed by atoms with Gasteiger partial charge in [0.25, 0.3) is 0 Å². The summed E-state index contributed by atoms with van der Waals surface area (Å²) in [4.78, 5) is 10.4. The van der Waals surface area contributed by atoms with Crippen LogP contribution in [0.3, 0.4) is 0 Å². The molecule has 1 fully saturated rings. The molecule has 4 aromatic rings. The van der Waals surface area contributed by atoms with Gasteiger partial charge in [-0.15, -0.1) is 10.2 Å². The highest BCUT2D eigenvalue weighted by Gasteiger charge is 2.44. The van der Waals surface area contributed by atoms with E-state index in [0.717, 1.165) is 0 Å². The normalized spacial score (nSPS) is 14.3. The molecule has 1 aromatic carbocycles. The molecule has 5 rings (SSSR count). The van der Waals surface area contributed by atoms with Crippen molar-refractivity contribution in [2.24, 2.45) is 5.73 Å². The van der Waals surface area contributed by atoms with E-state index in [0.29, 0.717) is 68.7 Å². The molecule has 12 nitrogen and oxygen atoms in total. The highest BCUT2D eigenvalue weighted by Crippen LogP contribution is 2.39. The molecule has 5 N–H and O–H groups in total. The second kappa shape index (κ2) is 11.9. The molecule has 4 heterocycles. The molecule has 0 unspecified atom stereocenters. The number of anilines is 2. The number of pyridine rings is 2. The van der Waals surface area contributed by atoms with Crippen molar-refractivity contribution in [2.75, 3.05) is 37.9 Å². The fraction of sp³-hybridized carbons (Fsp3) is 0.241. The molecule has 0 saturated carbocycles. The van der Waals surface area contributed by atoms with Crippen molar-refractivity contribution in [1.82, 2.24) is 20.2 Å². The Labute approximate surface area is 257 Å². The molecule has 1 aliphatic heterocycles. The zero-order valence-corrected chi connectivity index (χ0v) is 24.9. The van der Waals surface area contributed by atoms with Crippen LogP contribution >= 0.6 is 23.2 Å². The third kappa shape index (κ3) is 5.70. The van der Waals surface area contributed by atoms with Crippen molar-refractivity contribution >= 4 is 40.4 Å². The van der Waals surface area contributed by atoms with Crippen LogP contribution in [0.15, 0.2) is 48.9 Å². The zero-order chi connectivity index (χ0) is 30.9. The Morgan fingerprint density at radius 3 is 2.40 bits per heavy atom. The Kier molecular flexibility index (Phi) is 8.23. The van der Waals surface area contributed by atoms with Gasteiger partial charge in [0.2, 0.25) is 5.88 Å². The van der Waals surface area contributed by atoms with Crippen LogP contribution in [0.2, 0.25) is 10.0 Å². The first-order valence-corrected chi connectivity index (χ1v) is 13.7. The third-order valence-corrected chi connectivity index (χ3v) is 7.69. The van der Waals surface area contributed by atoms with E-state index in [1.54, 1.807) is 37.3 Å². The van der Waals surface area contributed by atoms with Gasteiger partial charge in [0.15, 0.2) is 11.5 Å². The zero-order valence-electron chi connectivity index (χ0n) is 23.4. The van der Waals surface area contributed by atoms with E-state index in [1.807, 2.05) is 4.90 Å². The van der Waals surface area contributed by atoms with Gasteiger partial charge >= 0.3 is 0 Å². The molecule has 43 heavy (non-hydrogen) atoms. The van der Waals surface area contributed by atoms with Gasteiger partial charge in [-0.2, -0.15) is 5.26 Å². The lowest BCUT2D eigenvalue weighted by Gasteiger charge is -2.47. The summed E-state index contributed by atoms with van der Waals surface area (Å²) >= 11 is 12.6. The Morgan fingerprint density at radius 2 is 1.79 bits per heavy atom. The average molecular weight is 621 g/mol. The minimum absolute atomic E-state index is 0.0403.